The van der Waals surface area contributed by atoms with Gasteiger partial charge in [0.25, 0.3) is 0 Å². The number of allylic oxidation sites excluding steroid dienone is 2. The molecule has 0 fully saturated rings. The van der Waals surface area contributed by atoms with Gasteiger partial charge in [0.15, 0.2) is 0 Å². The summed E-state index contributed by atoms with van der Waals surface area (Å²) < 4.78 is 0. The van der Waals surface area contributed by atoms with Crippen LogP contribution in [0, 0.1) is 5.92 Å². The summed E-state index contributed by atoms with van der Waals surface area (Å²) in [6, 6.07) is 0. The molecule has 0 aromatic heterocycles. The van der Waals surface area contributed by atoms with Crippen LogP contribution in [-0.2, 0) is 0 Å². The van der Waals surface area contributed by atoms with Crippen LogP contribution in [0.3, 0.4) is 0 Å². The van der Waals surface area contributed by atoms with E-state index in [2.05, 4.69) is 0 Å². The van der Waals surface area contributed by atoms with Crippen molar-refractivity contribution in [3.8, 4) is 0 Å². The third-order valence-electron chi connectivity index (χ3n) is 1.19. The second-order valence-electron chi connectivity index (χ2n) is 2.49. The summed E-state index contributed by atoms with van der Waals surface area (Å²) in [5.41, 5.74) is 11.4. The first-order valence-corrected chi connectivity index (χ1v) is 3.98. The van der Waals surface area contributed by atoms with Crippen LogP contribution < -0.4 is 11.5 Å². The molecule has 0 aliphatic carbocycles. The highest BCUT2D eigenvalue weighted by molar-refractivity contribution is 6.30. The van der Waals surface area contributed by atoms with Crippen molar-refractivity contribution in [2.75, 3.05) is 0 Å². The van der Waals surface area contributed by atoms with Gasteiger partial charge in [-0.1, -0.05) is 37.0 Å². The Kier molecular flexibility index (Phi) is 4.38. The summed E-state index contributed by atoms with van der Waals surface area (Å²) in [4.78, 5) is 0. The zero-order valence-electron chi connectivity index (χ0n) is 6.57. The van der Waals surface area contributed by atoms with E-state index < -0.39 is 0 Å². The fourth-order valence-electron chi connectivity index (χ4n) is 0.660. The first-order valence-electron chi connectivity index (χ1n) is 3.23. The van der Waals surface area contributed by atoms with E-state index in [9.17, 15) is 0 Å². The van der Waals surface area contributed by atoms with Crippen molar-refractivity contribution >= 4 is 23.2 Å². The van der Waals surface area contributed by atoms with Gasteiger partial charge in [-0.25, -0.2) is 0 Å². The highest BCUT2D eigenvalue weighted by Gasteiger charge is 2.03. The molecule has 0 spiro atoms. The van der Waals surface area contributed by atoms with Crippen molar-refractivity contribution in [2.24, 2.45) is 17.4 Å². The van der Waals surface area contributed by atoms with Crippen LogP contribution in [0.15, 0.2) is 22.0 Å². The Bertz CT molecular complexity index is 187. The summed E-state index contributed by atoms with van der Waals surface area (Å²) in [7, 11) is 0. The van der Waals surface area contributed by atoms with E-state index in [0.717, 1.165) is 5.57 Å². The van der Waals surface area contributed by atoms with Crippen molar-refractivity contribution < 1.29 is 0 Å². The Morgan fingerprint density at radius 2 is 1.73 bits per heavy atom. The Labute approximate surface area is 76.8 Å². The second kappa shape index (κ2) is 4.52. The molecule has 0 amide bonds. The fraction of sp³-hybridized carbons (Fsp3) is 0.429. The van der Waals surface area contributed by atoms with Gasteiger partial charge in [-0.05, 0) is 17.6 Å². The third-order valence-corrected chi connectivity index (χ3v) is 1.52. The van der Waals surface area contributed by atoms with Crippen molar-refractivity contribution in [3.05, 3.63) is 22.0 Å². The smallest absolute Gasteiger partial charge is 0.103 e. The quantitative estimate of drug-likeness (QED) is 0.523. The van der Waals surface area contributed by atoms with Crippen LogP contribution in [0.2, 0.25) is 0 Å². The highest BCUT2D eigenvalue weighted by Crippen LogP contribution is 2.17. The predicted octanol–water partition coefficient (Wildman–Crippen LogP) is 2.09. The van der Waals surface area contributed by atoms with Gasteiger partial charge in [-0.3, -0.25) is 0 Å². The lowest BCUT2D eigenvalue weighted by Gasteiger charge is -2.06. The summed E-state index contributed by atoms with van der Waals surface area (Å²) in [5, 5.41) is 0.431. The maximum absolute atomic E-state index is 5.58. The Morgan fingerprint density at radius 1 is 1.27 bits per heavy atom. The fourth-order valence-corrected chi connectivity index (χ4v) is 1.05. The summed E-state index contributed by atoms with van der Waals surface area (Å²) in [5.74, 6) is 0.227. The van der Waals surface area contributed by atoms with Crippen LogP contribution in [0.4, 0.5) is 0 Å². The van der Waals surface area contributed by atoms with Gasteiger partial charge in [0.2, 0.25) is 0 Å². The first kappa shape index (κ1) is 10.7. The molecule has 0 aliphatic rings. The second-order valence-corrected chi connectivity index (χ2v) is 3.33. The molecule has 0 saturated carbocycles. The van der Waals surface area contributed by atoms with E-state index in [1.807, 2.05) is 13.8 Å². The zero-order valence-corrected chi connectivity index (χ0v) is 8.08. The van der Waals surface area contributed by atoms with Gasteiger partial charge in [-0.2, -0.15) is 0 Å². The average molecular weight is 195 g/mol. The number of halogens is 2. The van der Waals surface area contributed by atoms with E-state index in [1.165, 1.54) is 0 Å². The standard InChI is InChI=1S/C7H12Cl2N2/c1-4(2)5(7(9)11)3-6(8)10/h3-4H,10-11H2,1-2H3/b6-3-,7-5+. The Morgan fingerprint density at radius 3 is 1.82 bits per heavy atom. The van der Waals surface area contributed by atoms with E-state index in [1.54, 1.807) is 6.08 Å². The Balaban J connectivity index is 4.66. The van der Waals surface area contributed by atoms with Gasteiger partial charge >= 0.3 is 0 Å². The first-order chi connectivity index (χ1) is 4.95. The van der Waals surface area contributed by atoms with Gasteiger partial charge in [0.05, 0.1) is 5.16 Å². The monoisotopic (exact) mass is 194 g/mol. The molecule has 11 heavy (non-hydrogen) atoms. The summed E-state index contributed by atoms with van der Waals surface area (Å²) >= 11 is 11.0. The van der Waals surface area contributed by atoms with Crippen molar-refractivity contribution in [3.63, 3.8) is 0 Å². The number of rotatable bonds is 2. The van der Waals surface area contributed by atoms with Gasteiger partial charge < -0.3 is 11.5 Å². The van der Waals surface area contributed by atoms with Crippen LogP contribution in [0.25, 0.3) is 0 Å². The van der Waals surface area contributed by atoms with Crippen LogP contribution in [-0.4, -0.2) is 0 Å². The minimum absolute atomic E-state index is 0.192. The molecule has 0 heterocycles. The topological polar surface area (TPSA) is 52.0 Å². The van der Waals surface area contributed by atoms with Crippen LogP contribution in [0.1, 0.15) is 13.8 Å². The summed E-state index contributed by atoms with van der Waals surface area (Å²) in [6.07, 6.45) is 1.56. The van der Waals surface area contributed by atoms with E-state index in [-0.39, 0.29) is 16.2 Å². The van der Waals surface area contributed by atoms with Crippen molar-refractivity contribution in [1.82, 2.24) is 0 Å². The van der Waals surface area contributed by atoms with E-state index in [4.69, 9.17) is 34.7 Å². The molecule has 4 N–H and O–H groups in total. The minimum atomic E-state index is 0.192. The normalized spacial score (nSPS) is 15.2. The van der Waals surface area contributed by atoms with Crippen LogP contribution in [0.5, 0.6) is 0 Å². The molecule has 2 nitrogen and oxygen atoms in total. The Hall–Kier alpha value is -0.340. The molecule has 0 aromatic rings. The van der Waals surface area contributed by atoms with Gasteiger partial charge in [-0.15, -0.1) is 0 Å². The van der Waals surface area contributed by atoms with E-state index in [0.29, 0.717) is 0 Å². The molecule has 0 unspecified atom stereocenters. The molecule has 0 rings (SSSR count). The summed E-state index contributed by atoms with van der Waals surface area (Å²) in [6.45, 7) is 3.92. The van der Waals surface area contributed by atoms with Gasteiger partial charge in [0, 0.05) is 0 Å². The highest BCUT2D eigenvalue weighted by atomic mass is 35.5. The molecular formula is C7H12Cl2N2. The maximum atomic E-state index is 5.58. The molecular weight excluding hydrogens is 183 g/mol. The number of hydrogen-bond acceptors (Lipinski definition) is 2. The molecule has 0 radical (unpaired) electrons. The molecule has 4 heteroatoms. The molecule has 0 aliphatic heterocycles. The third kappa shape index (κ3) is 4.17. The number of hydrogen-bond donors (Lipinski definition) is 2. The zero-order chi connectivity index (χ0) is 9.02. The molecule has 0 bridgehead atoms. The molecule has 0 aromatic carbocycles. The van der Waals surface area contributed by atoms with Gasteiger partial charge in [0.1, 0.15) is 5.16 Å². The lowest BCUT2D eigenvalue weighted by atomic mass is 10.1. The van der Waals surface area contributed by atoms with E-state index >= 15 is 0 Å². The SMILES string of the molecule is CC(C)C(/C=C(\N)Cl)=C(/N)Cl. The lowest BCUT2D eigenvalue weighted by molar-refractivity contribution is 0.784. The lowest BCUT2D eigenvalue weighted by Crippen LogP contribution is -2.02. The predicted molar refractivity (Wildman–Crippen MR) is 50.0 cm³/mol. The van der Waals surface area contributed by atoms with Crippen molar-refractivity contribution in [2.45, 2.75) is 13.8 Å². The average Bonchev–Trinajstić information content (AvgIpc) is 1.81. The van der Waals surface area contributed by atoms with Crippen molar-refractivity contribution in [1.29, 1.82) is 0 Å². The minimum Gasteiger partial charge on any atom is -0.389 e. The number of nitrogens with two attached hydrogens (primary N) is 2. The molecule has 0 atom stereocenters. The molecule has 0 saturated heterocycles. The largest absolute Gasteiger partial charge is 0.389 e. The van der Waals surface area contributed by atoms with Crippen LogP contribution >= 0.6 is 23.2 Å². The molecule has 64 valence electrons. The maximum Gasteiger partial charge on any atom is 0.103 e.